The molecule has 0 saturated carbocycles. The maximum absolute atomic E-state index is 11.7. The summed E-state index contributed by atoms with van der Waals surface area (Å²) in [5.74, 6) is 1.22. The van der Waals surface area contributed by atoms with E-state index in [1.165, 1.54) is 11.1 Å². The number of rotatable bonds is 6. The number of fused-ring (bicyclic) bond motifs is 1. The number of ether oxygens (including phenoxy) is 2. The van der Waals surface area contributed by atoms with Crippen LogP contribution in [0.25, 0.3) is 0 Å². The van der Waals surface area contributed by atoms with Gasteiger partial charge in [0.15, 0.2) is 5.82 Å². The van der Waals surface area contributed by atoms with Gasteiger partial charge in [-0.3, -0.25) is 4.90 Å². The highest BCUT2D eigenvalue weighted by Gasteiger charge is 2.20. The molecule has 1 aliphatic rings. The summed E-state index contributed by atoms with van der Waals surface area (Å²) in [5.41, 5.74) is 2.65. The molecule has 0 unspecified atom stereocenters. The van der Waals surface area contributed by atoms with Crippen molar-refractivity contribution in [2.45, 2.75) is 33.4 Å². The van der Waals surface area contributed by atoms with Gasteiger partial charge in [-0.25, -0.2) is 9.78 Å². The first-order valence-corrected chi connectivity index (χ1v) is 8.93. The third kappa shape index (κ3) is 3.91. The normalized spacial score (nSPS) is 14.2. The highest BCUT2D eigenvalue weighted by Crippen LogP contribution is 2.24. The molecule has 6 nitrogen and oxygen atoms in total. The Morgan fingerprint density at radius 3 is 2.96 bits per heavy atom. The SMILES string of the molecule is CCOC(=O)c1nc(CN2CCc3cc(OCC)ccc3C2)ns1. The molecule has 0 radical (unpaired) electrons. The average Bonchev–Trinajstić information content (AvgIpc) is 3.04. The van der Waals surface area contributed by atoms with Crippen molar-refractivity contribution in [1.29, 1.82) is 0 Å². The fourth-order valence-electron chi connectivity index (χ4n) is 2.77. The van der Waals surface area contributed by atoms with E-state index in [0.717, 1.165) is 36.8 Å². The largest absolute Gasteiger partial charge is 0.494 e. The third-order valence-electron chi connectivity index (χ3n) is 3.86. The van der Waals surface area contributed by atoms with Crippen molar-refractivity contribution in [2.24, 2.45) is 0 Å². The van der Waals surface area contributed by atoms with Crippen molar-refractivity contribution in [1.82, 2.24) is 14.3 Å². The Balaban J connectivity index is 1.63. The summed E-state index contributed by atoms with van der Waals surface area (Å²) in [4.78, 5) is 18.2. The Kier molecular flexibility index (Phi) is 5.42. The van der Waals surface area contributed by atoms with E-state index < -0.39 is 5.97 Å². The molecule has 0 saturated heterocycles. The lowest BCUT2D eigenvalue weighted by atomic mass is 9.99. The molecule has 7 heteroatoms. The van der Waals surface area contributed by atoms with Crippen molar-refractivity contribution in [3.8, 4) is 5.75 Å². The smallest absolute Gasteiger partial charge is 0.369 e. The molecule has 0 bridgehead atoms. The predicted molar refractivity (Wildman–Crippen MR) is 91.3 cm³/mol. The summed E-state index contributed by atoms with van der Waals surface area (Å²) in [6.07, 6.45) is 0.977. The van der Waals surface area contributed by atoms with Gasteiger partial charge in [0.1, 0.15) is 5.75 Å². The second-order valence-corrected chi connectivity index (χ2v) is 6.31. The van der Waals surface area contributed by atoms with Crippen molar-refractivity contribution in [3.05, 3.63) is 40.2 Å². The summed E-state index contributed by atoms with van der Waals surface area (Å²) in [6.45, 7) is 7.24. The zero-order valence-electron chi connectivity index (χ0n) is 13.9. The Morgan fingerprint density at radius 2 is 2.17 bits per heavy atom. The van der Waals surface area contributed by atoms with E-state index in [1.54, 1.807) is 6.92 Å². The highest BCUT2D eigenvalue weighted by atomic mass is 32.1. The monoisotopic (exact) mass is 347 g/mol. The quantitative estimate of drug-likeness (QED) is 0.749. The molecular weight excluding hydrogens is 326 g/mol. The van der Waals surface area contributed by atoms with Crippen LogP contribution in [-0.2, 0) is 24.2 Å². The first-order valence-electron chi connectivity index (χ1n) is 8.16. The van der Waals surface area contributed by atoms with Gasteiger partial charge in [0.25, 0.3) is 0 Å². The fraction of sp³-hybridized carbons (Fsp3) is 0.471. The van der Waals surface area contributed by atoms with Gasteiger partial charge in [0.05, 0.1) is 19.8 Å². The van der Waals surface area contributed by atoms with E-state index in [1.807, 2.05) is 13.0 Å². The molecule has 2 heterocycles. The molecule has 128 valence electrons. The Morgan fingerprint density at radius 1 is 1.29 bits per heavy atom. The minimum absolute atomic E-state index is 0.325. The topological polar surface area (TPSA) is 64.5 Å². The van der Waals surface area contributed by atoms with Gasteiger partial charge in [-0.15, -0.1) is 0 Å². The van der Waals surface area contributed by atoms with Gasteiger partial charge >= 0.3 is 5.97 Å². The molecule has 1 aromatic heterocycles. The van der Waals surface area contributed by atoms with Crippen LogP contribution < -0.4 is 4.74 Å². The van der Waals surface area contributed by atoms with Gasteiger partial charge in [0, 0.05) is 13.1 Å². The van der Waals surface area contributed by atoms with Crippen LogP contribution in [0, 0.1) is 0 Å². The standard InChI is InChI=1S/C17H21N3O3S/c1-3-22-14-6-5-13-10-20(8-7-12(13)9-14)11-15-18-16(24-19-15)17(21)23-4-2/h5-6,9H,3-4,7-8,10-11H2,1-2H3. The molecule has 2 aromatic rings. The van der Waals surface area contributed by atoms with E-state index in [-0.39, 0.29) is 0 Å². The van der Waals surface area contributed by atoms with Crippen LogP contribution in [0.2, 0.25) is 0 Å². The third-order valence-corrected chi connectivity index (χ3v) is 4.60. The van der Waals surface area contributed by atoms with Crippen molar-refractivity contribution in [2.75, 3.05) is 19.8 Å². The highest BCUT2D eigenvalue weighted by molar-refractivity contribution is 7.07. The van der Waals surface area contributed by atoms with Crippen molar-refractivity contribution >= 4 is 17.5 Å². The number of aromatic nitrogens is 2. The number of carbonyl (C=O) groups excluding carboxylic acids is 1. The minimum atomic E-state index is -0.395. The van der Waals surface area contributed by atoms with E-state index in [9.17, 15) is 4.79 Å². The second-order valence-electron chi connectivity index (χ2n) is 5.56. The number of hydrogen-bond donors (Lipinski definition) is 0. The Bertz CT molecular complexity index is 717. The van der Waals surface area contributed by atoms with E-state index >= 15 is 0 Å². The summed E-state index contributed by atoms with van der Waals surface area (Å²) in [5, 5.41) is 0.325. The van der Waals surface area contributed by atoms with Crippen LogP contribution in [0.15, 0.2) is 18.2 Å². The number of nitrogens with zero attached hydrogens (tertiary/aromatic N) is 3. The molecule has 0 amide bonds. The Hall–Kier alpha value is -1.99. The van der Waals surface area contributed by atoms with E-state index in [2.05, 4.69) is 26.4 Å². The Labute approximate surface area is 145 Å². The fourth-order valence-corrected chi connectivity index (χ4v) is 3.34. The lowest BCUT2D eigenvalue weighted by Crippen LogP contribution is -2.30. The summed E-state index contributed by atoms with van der Waals surface area (Å²) >= 11 is 1.10. The molecule has 3 rings (SSSR count). The number of hydrogen-bond acceptors (Lipinski definition) is 7. The molecule has 0 atom stereocenters. The molecule has 24 heavy (non-hydrogen) atoms. The second kappa shape index (κ2) is 7.72. The van der Waals surface area contributed by atoms with Gasteiger partial charge in [-0.1, -0.05) is 6.07 Å². The van der Waals surface area contributed by atoms with Gasteiger partial charge in [-0.05, 0) is 55.1 Å². The van der Waals surface area contributed by atoms with Gasteiger partial charge < -0.3 is 9.47 Å². The summed E-state index contributed by atoms with van der Waals surface area (Å²) < 4.78 is 14.8. The van der Waals surface area contributed by atoms with E-state index in [4.69, 9.17) is 9.47 Å². The van der Waals surface area contributed by atoms with Crippen LogP contribution in [0.1, 0.15) is 40.6 Å². The number of carbonyl (C=O) groups is 1. The molecule has 0 aliphatic carbocycles. The average molecular weight is 347 g/mol. The minimum Gasteiger partial charge on any atom is -0.494 e. The van der Waals surface area contributed by atoms with Crippen LogP contribution in [0.5, 0.6) is 5.75 Å². The van der Waals surface area contributed by atoms with Crippen molar-refractivity contribution in [3.63, 3.8) is 0 Å². The van der Waals surface area contributed by atoms with Crippen molar-refractivity contribution < 1.29 is 14.3 Å². The molecule has 1 aromatic carbocycles. The molecule has 0 N–H and O–H groups in total. The maximum Gasteiger partial charge on any atom is 0.369 e. The number of benzene rings is 1. The molecule has 0 spiro atoms. The summed E-state index contributed by atoms with van der Waals surface area (Å²) in [6, 6.07) is 6.28. The van der Waals surface area contributed by atoms with Gasteiger partial charge in [-0.2, -0.15) is 4.37 Å². The summed E-state index contributed by atoms with van der Waals surface area (Å²) in [7, 11) is 0. The van der Waals surface area contributed by atoms with E-state index in [0.29, 0.717) is 30.6 Å². The predicted octanol–water partition coefficient (Wildman–Crippen LogP) is 2.67. The van der Waals surface area contributed by atoms with Crippen LogP contribution >= 0.6 is 11.5 Å². The molecular formula is C17H21N3O3S. The maximum atomic E-state index is 11.7. The lowest BCUT2D eigenvalue weighted by Gasteiger charge is -2.28. The first kappa shape index (κ1) is 16.9. The zero-order chi connectivity index (χ0) is 16.9. The molecule has 1 aliphatic heterocycles. The van der Waals surface area contributed by atoms with Crippen LogP contribution in [0.4, 0.5) is 0 Å². The molecule has 0 fully saturated rings. The lowest BCUT2D eigenvalue weighted by molar-refractivity contribution is 0.0525. The van der Waals surface area contributed by atoms with Crippen LogP contribution in [0.3, 0.4) is 0 Å². The zero-order valence-corrected chi connectivity index (χ0v) is 14.8. The first-order chi connectivity index (χ1) is 11.7. The number of esters is 1. The van der Waals surface area contributed by atoms with Gasteiger partial charge in [0.2, 0.25) is 5.01 Å². The van der Waals surface area contributed by atoms with Crippen LogP contribution in [-0.4, -0.2) is 40.0 Å².